The molecule has 0 aliphatic rings. The first-order valence-electron chi connectivity index (χ1n) is 8.33. The first-order valence-corrected chi connectivity index (χ1v) is 8.33. The molecule has 0 fully saturated rings. The van der Waals surface area contributed by atoms with Crippen molar-refractivity contribution in [2.45, 2.75) is 32.2 Å². The fourth-order valence-electron chi connectivity index (χ4n) is 2.85. The number of amides is 1. The third-order valence-electron chi connectivity index (χ3n) is 4.45. The largest absolute Gasteiger partial charge is 0.355 e. The summed E-state index contributed by atoms with van der Waals surface area (Å²) in [6.07, 6.45) is 2.73. The van der Waals surface area contributed by atoms with Crippen LogP contribution in [0.2, 0.25) is 0 Å². The molecule has 0 spiro atoms. The SMILES string of the molecule is CC(C)(C(=O)NCCCn1cnc2ccccc21)c1ccccc1. The maximum absolute atomic E-state index is 12.5. The summed E-state index contributed by atoms with van der Waals surface area (Å²) in [5, 5.41) is 3.06. The number of nitrogens with zero attached hydrogens (tertiary/aromatic N) is 2. The van der Waals surface area contributed by atoms with E-state index in [1.54, 1.807) is 0 Å². The van der Waals surface area contributed by atoms with Gasteiger partial charge in [0, 0.05) is 13.1 Å². The molecule has 3 aromatic rings. The summed E-state index contributed by atoms with van der Waals surface area (Å²) >= 11 is 0. The molecule has 124 valence electrons. The molecule has 4 heteroatoms. The molecule has 0 bridgehead atoms. The molecule has 3 rings (SSSR count). The lowest BCUT2D eigenvalue weighted by atomic mass is 9.84. The van der Waals surface area contributed by atoms with Crippen molar-refractivity contribution >= 4 is 16.9 Å². The minimum Gasteiger partial charge on any atom is -0.355 e. The fourth-order valence-corrected chi connectivity index (χ4v) is 2.85. The molecule has 0 aliphatic heterocycles. The molecule has 0 aliphatic carbocycles. The predicted octanol–water partition coefficient (Wildman–Crippen LogP) is 3.52. The topological polar surface area (TPSA) is 46.9 Å². The minimum absolute atomic E-state index is 0.0594. The van der Waals surface area contributed by atoms with E-state index in [-0.39, 0.29) is 5.91 Å². The number of aryl methyl sites for hydroxylation is 1. The average Bonchev–Trinajstić information content (AvgIpc) is 3.02. The minimum atomic E-state index is -0.525. The summed E-state index contributed by atoms with van der Waals surface area (Å²) < 4.78 is 2.13. The fraction of sp³-hybridized carbons (Fsp3) is 0.300. The van der Waals surface area contributed by atoms with E-state index in [1.807, 2.05) is 68.7 Å². The van der Waals surface area contributed by atoms with Crippen LogP contribution < -0.4 is 5.32 Å². The maximum Gasteiger partial charge on any atom is 0.230 e. The quantitative estimate of drug-likeness (QED) is 0.706. The Morgan fingerprint density at radius 3 is 2.58 bits per heavy atom. The van der Waals surface area contributed by atoms with E-state index in [2.05, 4.69) is 20.9 Å². The Kier molecular flexibility index (Phi) is 4.65. The second kappa shape index (κ2) is 6.87. The van der Waals surface area contributed by atoms with Gasteiger partial charge >= 0.3 is 0 Å². The first-order chi connectivity index (χ1) is 11.6. The summed E-state index contributed by atoms with van der Waals surface area (Å²) in [6.45, 7) is 5.41. The van der Waals surface area contributed by atoms with E-state index in [4.69, 9.17) is 0 Å². The zero-order valence-electron chi connectivity index (χ0n) is 14.2. The number of carbonyl (C=O) groups is 1. The van der Waals surface area contributed by atoms with Crippen LogP contribution in [0.1, 0.15) is 25.8 Å². The molecule has 2 aromatic carbocycles. The molecule has 0 atom stereocenters. The van der Waals surface area contributed by atoms with Crippen molar-refractivity contribution in [1.82, 2.24) is 14.9 Å². The lowest BCUT2D eigenvalue weighted by Crippen LogP contribution is -2.40. The van der Waals surface area contributed by atoms with E-state index >= 15 is 0 Å². The van der Waals surface area contributed by atoms with Crippen molar-refractivity contribution in [3.63, 3.8) is 0 Å². The molecule has 0 unspecified atom stereocenters. The molecular formula is C20H23N3O. The molecule has 1 heterocycles. The zero-order valence-corrected chi connectivity index (χ0v) is 14.2. The summed E-state index contributed by atoms with van der Waals surface area (Å²) in [4.78, 5) is 16.9. The Labute approximate surface area is 142 Å². The number of rotatable bonds is 6. The van der Waals surface area contributed by atoms with Crippen molar-refractivity contribution in [3.05, 3.63) is 66.5 Å². The van der Waals surface area contributed by atoms with Gasteiger partial charge in [-0.1, -0.05) is 42.5 Å². The van der Waals surface area contributed by atoms with Gasteiger partial charge in [-0.3, -0.25) is 4.79 Å². The number of benzene rings is 2. The Morgan fingerprint density at radius 2 is 1.79 bits per heavy atom. The monoisotopic (exact) mass is 321 g/mol. The number of imidazole rings is 1. The van der Waals surface area contributed by atoms with Crippen LogP contribution in [0.5, 0.6) is 0 Å². The van der Waals surface area contributed by atoms with Gasteiger partial charge in [0.25, 0.3) is 0 Å². The van der Waals surface area contributed by atoms with Gasteiger partial charge in [-0.2, -0.15) is 0 Å². The Balaban J connectivity index is 1.54. The van der Waals surface area contributed by atoms with Crippen molar-refractivity contribution in [1.29, 1.82) is 0 Å². The zero-order chi connectivity index (χ0) is 17.0. The van der Waals surface area contributed by atoms with E-state index in [9.17, 15) is 4.79 Å². The van der Waals surface area contributed by atoms with Gasteiger partial charge in [0.05, 0.1) is 22.8 Å². The molecule has 0 saturated heterocycles. The van der Waals surface area contributed by atoms with E-state index in [1.165, 1.54) is 0 Å². The molecular weight excluding hydrogens is 298 g/mol. The normalized spacial score (nSPS) is 11.6. The number of carbonyl (C=O) groups excluding carboxylic acids is 1. The standard InChI is InChI=1S/C20H23N3O/c1-20(2,16-9-4-3-5-10-16)19(24)21-13-8-14-23-15-22-17-11-6-7-12-18(17)23/h3-7,9-12,15H,8,13-14H2,1-2H3,(H,21,24). The van der Waals surface area contributed by atoms with Gasteiger partial charge in [0.15, 0.2) is 0 Å². The molecule has 1 N–H and O–H groups in total. The molecule has 0 saturated carbocycles. The van der Waals surface area contributed by atoms with Crippen LogP contribution in [0.3, 0.4) is 0 Å². The number of nitrogens with one attached hydrogen (secondary N) is 1. The number of fused-ring (bicyclic) bond motifs is 1. The third-order valence-corrected chi connectivity index (χ3v) is 4.45. The highest BCUT2D eigenvalue weighted by Gasteiger charge is 2.28. The smallest absolute Gasteiger partial charge is 0.230 e. The van der Waals surface area contributed by atoms with Gasteiger partial charge in [-0.05, 0) is 38.0 Å². The number of aromatic nitrogens is 2. The van der Waals surface area contributed by atoms with Crippen LogP contribution in [0.15, 0.2) is 60.9 Å². The van der Waals surface area contributed by atoms with E-state index in [0.717, 1.165) is 29.6 Å². The lowest BCUT2D eigenvalue weighted by molar-refractivity contribution is -0.125. The Bertz CT molecular complexity index is 821. The van der Waals surface area contributed by atoms with Crippen LogP contribution in [0.25, 0.3) is 11.0 Å². The Hall–Kier alpha value is -2.62. The van der Waals surface area contributed by atoms with Gasteiger partial charge in [0.2, 0.25) is 5.91 Å². The predicted molar refractivity (Wildman–Crippen MR) is 96.8 cm³/mol. The third kappa shape index (κ3) is 3.32. The maximum atomic E-state index is 12.5. The summed E-state index contributed by atoms with van der Waals surface area (Å²) in [5.74, 6) is 0.0594. The van der Waals surface area contributed by atoms with Crippen LogP contribution in [0.4, 0.5) is 0 Å². The number of hydrogen-bond acceptors (Lipinski definition) is 2. The lowest BCUT2D eigenvalue weighted by Gasteiger charge is -2.24. The average molecular weight is 321 g/mol. The van der Waals surface area contributed by atoms with Crippen molar-refractivity contribution in [2.75, 3.05) is 6.54 Å². The van der Waals surface area contributed by atoms with Crippen molar-refractivity contribution in [3.8, 4) is 0 Å². The highest BCUT2D eigenvalue weighted by molar-refractivity contribution is 5.87. The molecule has 24 heavy (non-hydrogen) atoms. The van der Waals surface area contributed by atoms with Gasteiger partial charge in [-0.15, -0.1) is 0 Å². The van der Waals surface area contributed by atoms with Gasteiger partial charge < -0.3 is 9.88 Å². The van der Waals surface area contributed by atoms with Gasteiger partial charge in [-0.25, -0.2) is 4.98 Å². The first kappa shape index (κ1) is 16.2. The van der Waals surface area contributed by atoms with Crippen molar-refractivity contribution in [2.24, 2.45) is 0 Å². The molecule has 0 radical (unpaired) electrons. The van der Waals surface area contributed by atoms with Crippen LogP contribution >= 0.6 is 0 Å². The van der Waals surface area contributed by atoms with Crippen LogP contribution in [-0.4, -0.2) is 22.0 Å². The summed E-state index contributed by atoms with van der Waals surface area (Å²) in [5.41, 5.74) is 2.64. The second-order valence-electron chi connectivity index (χ2n) is 6.53. The Morgan fingerprint density at radius 1 is 1.08 bits per heavy atom. The molecule has 1 aromatic heterocycles. The van der Waals surface area contributed by atoms with Crippen LogP contribution in [0, 0.1) is 0 Å². The highest BCUT2D eigenvalue weighted by Crippen LogP contribution is 2.22. The van der Waals surface area contributed by atoms with Crippen LogP contribution in [-0.2, 0) is 16.8 Å². The number of para-hydroxylation sites is 2. The second-order valence-corrected chi connectivity index (χ2v) is 6.53. The van der Waals surface area contributed by atoms with Crippen molar-refractivity contribution < 1.29 is 4.79 Å². The van der Waals surface area contributed by atoms with E-state index in [0.29, 0.717) is 6.54 Å². The van der Waals surface area contributed by atoms with E-state index < -0.39 is 5.41 Å². The number of hydrogen-bond donors (Lipinski definition) is 1. The summed E-state index contributed by atoms with van der Waals surface area (Å²) in [7, 11) is 0. The van der Waals surface area contributed by atoms with Gasteiger partial charge in [0.1, 0.15) is 0 Å². The molecule has 1 amide bonds. The molecule has 4 nitrogen and oxygen atoms in total. The summed E-state index contributed by atoms with van der Waals surface area (Å²) in [6, 6.07) is 18.0. The highest BCUT2D eigenvalue weighted by atomic mass is 16.2.